The molecule has 10 rings (SSSR count). The highest BCUT2D eigenvalue weighted by atomic mass is 16.4. The topological polar surface area (TPSA) is 485 Å². The number of carbonyl (C=O) groups is 7. The first-order valence-electron chi connectivity index (χ1n) is 28.3. The Bertz CT molecular complexity index is 4160. The molecule has 0 unspecified atom stereocenters. The molecule has 95 heavy (non-hydrogen) atoms. The summed E-state index contributed by atoms with van der Waals surface area (Å²) >= 11 is 0. The summed E-state index contributed by atoms with van der Waals surface area (Å²) in [7, 11) is 15.2. The number of aromatic carboxylic acids is 1. The first-order valence-corrected chi connectivity index (χ1v) is 28.3. The Morgan fingerprint density at radius 1 is 0.442 bits per heavy atom. The van der Waals surface area contributed by atoms with Crippen molar-refractivity contribution in [2.45, 2.75) is 27.7 Å². The summed E-state index contributed by atoms with van der Waals surface area (Å²) in [4.78, 5) is 83.3. The third-order valence-electron chi connectivity index (χ3n) is 12.3. The zero-order valence-electron chi connectivity index (χ0n) is 54.5. The number of anilines is 12. The van der Waals surface area contributed by atoms with Crippen molar-refractivity contribution >= 4 is 112 Å². The highest BCUT2D eigenvalue weighted by molar-refractivity contribution is 6.00. The minimum atomic E-state index is -0.952. The van der Waals surface area contributed by atoms with Crippen LogP contribution in [0, 0.1) is 27.7 Å². The summed E-state index contributed by atoms with van der Waals surface area (Å²) in [5, 5.41) is 56.3. The number of nitrogen functional groups attached to an aromatic ring is 4. The number of aromatic nitrogens is 14. The van der Waals surface area contributed by atoms with E-state index in [9.17, 15) is 33.6 Å². The van der Waals surface area contributed by atoms with Gasteiger partial charge >= 0.3 is 36.1 Å². The maximum absolute atomic E-state index is 12.1. The number of rotatable bonds is 10. The molecule has 0 saturated carbocycles. The van der Waals surface area contributed by atoms with Gasteiger partial charge in [0.25, 0.3) is 5.91 Å². The minimum absolute atomic E-state index is 0.127. The lowest BCUT2D eigenvalue weighted by Gasteiger charge is -2.11. The zero-order chi connectivity index (χ0) is 70.4. The van der Waals surface area contributed by atoms with Gasteiger partial charge in [0.15, 0.2) is 17.5 Å². The number of primary amides is 1. The fraction of sp³-hybridized carbons (Fsp3) is 0.220. The first kappa shape index (κ1) is 72.6. The van der Waals surface area contributed by atoms with Gasteiger partial charge in [0.1, 0.15) is 40.7 Å². The predicted octanol–water partition coefficient (Wildman–Crippen LogP) is 6.16. The van der Waals surface area contributed by atoms with Crippen LogP contribution >= 0.6 is 0 Å². The molecule has 7 amide bonds. The number of benzene rings is 3. The molecule has 18 N–H and O–H groups in total. The summed E-state index contributed by atoms with van der Waals surface area (Å²) < 4.78 is 9.27. The van der Waals surface area contributed by atoms with E-state index in [4.69, 9.17) is 33.8 Å². The van der Waals surface area contributed by atoms with Crippen LogP contribution in [0.2, 0.25) is 0 Å². The molecule has 10 aromatic rings. The van der Waals surface area contributed by atoms with E-state index in [1.54, 1.807) is 161 Å². The number of hydrogen-bond acceptors (Lipinski definition) is 21. The monoisotopic (exact) mass is 1310 g/mol. The molecule has 0 spiro atoms. The quantitative estimate of drug-likeness (QED) is 0.0729. The average molecular weight is 1310 g/mol. The molecule has 0 aliphatic rings. The molecule has 0 aliphatic heterocycles. The number of amides is 7. The predicted molar refractivity (Wildman–Crippen MR) is 363 cm³/mol. The Balaban J connectivity index is 0.000000210. The van der Waals surface area contributed by atoms with Crippen molar-refractivity contribution in [3.05, 3.63) is 161 Å². The van der Waals surface area contributed by atoms with Gasteiger partial charge in [-0.3, -0.25) is 34.8 Å². The summed E-state index contributed by atoms with van der Waals surface area (Å²) in [6.45, 7) is 7.26. The number of nitrogens with two attached hydrogens (primary N) is 5. The highest BCUT2D eigenvalue weighted by Crippen LogP contribution is 2.22. The molecule has 7 aromatic heterocycles. The third-order valence-corrected chi connectivity index (χ3v) is 12.3. The molecule has 0 radical (unpaired) electrons. The molecule has 7 heterocycles. The van der Waals surface area contributed by atoms with Crippen LogP contribution in [-0.2, 0) is 21.1 Å². The first-order chi connectivity index (χ1) is 44.9. The van der Waals surface area contributed by atoms with E-state index in [-0.39, 0.29) is 35.2 Å². The van der Waals surface area contributed by atoms with Crippen LogP contribution in [0.15, 0.2) is 127 Å². The lowest BCUT2D eigenvalue weighted by atomic mass is 10.2. The Morgan fingerprint density at radius 3 is 1.29 bits per heavy atom. The summed E-state index contributed by atoms with van der Waals surface area (Å²) in [6.07, 6.45) is 0. The van der Waals surface area contributed by atoms with Gasteiger partial charge in [-0.15, -0.1) is 5.10 Å². The summed E-state index contributed by atoms with van der Waals surface area (Å²) in [5.74, 6) is 3.39. The van der Waals surface area contributed by atoms with Gasteiger partial charge in [-0.2, -0.15) is 49.3 Å². The summed E-state index contributed by atoms with van der Waals surface area (Å²) in [6, 6.07) is 34.4. The molecule has 502 valence electrons. The molecule has 0 aliphatic carbocycles. The molecule has 0 saturated heterocycles. The van der Waals surface area contributed by atoms with Gasteiger partial charge in [0, 0.05) is 117 Å². The van der Waals surface area contributed by atoms with Crippen molar-refractivity contribution in [1.29, 1.82) is 0 Å². The molecule has 0 fully saturated rings. The number of hydrogen-bond donors (Lipinski definition) is 13. The van der Waals surface area contributed by atoms with Crippen molar-refractivity contribution in [1.82, 2.24) is 78.3 Å². The second kappa shape index (κ2) is 33.6. The molecule has 36 heteroatoms. The van der Waals surface area contributed by atoms with E-state index in [1.807, 2.05) is 62.4 Å². The molecular formula is C59H78N28O8. The van der Waals surface area contributed by atoms with Gasteiger partial charge in [-0.05, 0) is 64.1 Å². The lowest BCUT2D eigenvalue weighted by molar-refractivity contribution is 0.0697. The molecule has 0 atom stereocenters. The van der Waals surface area contributed by atoms with Gasteiger partial charge in [-0.25, -0.2) is 28.8 Å². The molecular weight excluding hydrogens is 1230 g/mol. The van der Waals surface area contributed by atoms with Crippen LogP contribution in [0.5, 0.6) is 0 Å². The van der Waals surface area contributed by atoms with Gasteiger partial charge in [-0.1, -0.05) is 48.5 Å². The van der Waals surface area contributed by atoms with Crippen molar-refractivity contribution in [3.8, 4) is 0 Å². The van der Waals surface area contributed by atoms with Crippen molar-refractivity contribution in [3.63, 3.8) is 0 Å². The SMILES string of the molecule is CNc1cc(C)nn1C(=O)c1ccccc1.CNc1cc(NC(=O)Nc2ccccc2)nn1C(=O)N(C)C.Cc1cc(N)n(C(=O)N(C)C)n1.Cc1cc(N)n(C(N)=O)n1.Cc1cc(Nc2ccccc2C(=O)O)n(C)n1.Cn1nc(NC(=O)Nc2cc(N)n(C)n2)cc1N. The van der Waals surface area contributed by atoms with Gasteiger partial charge in [0.05, 0.1) is 34.0 Å². The number of nitrogens with one attached hydrogen (secondary N) is 7. The van der Waals surface area contributed by atoms with Gasteiger partial charge < -0.3 is 64.8 Å². The Kier molecular flexibility index (Phi) is 25.7. The van der Waals surface area contributed by atoms with E-state index >= 15 is 0 Å². The number of para-hydroxylation sites is 2. The summed E-state index contributed by atoms with van der Waals surface area (Å²) in [5.41, 5.74) is 32.2. The molecule has 36 nitrogen and oxygen atoms in total. The van der Waals surface area contributed by atoms with E-state index in [0.29, 0.717) is 63.4 Å². The van der Waals surface area contributed by atoms with Crippen LogP contribution < -0.4 is 65.9 Å². The number of carboxylic acid groups (broad SMARTS) is 1. The highest BCUT2D eigenvalue weighted by Gasteiger charge is 2.18. The van der Waals surface area contributed by atoms with Crippen LogP contribution in [0.1, 0.15) is 43.5 Å². The maximum atomic E-state index is 12.1. The van der Waals surface area contributed by atoms with E-state index in [1.165, 1.54) is 33.2 Å². The molecule has 0 bridgehead atoms. The Hall–Kier alpha value is -13.2. The minimum Gasteiger partial charge on any atom is -0.478 e. The van der Waals surface area contributed by atoms with Gasteiger partial charge in [0.2, 0.25) is 0 Å². The fourth-order valence-corrected chi connectivity index (χ4v) is 7.84. The molecule has 3 aromatic carbocycles. The van der Waals surface area contributed by atoms with E-state index < -0.39 is 24.1 Å². The number of urea groups is 2. The Morgan fingerprint density at radius 2 is 0.863 bits per heavy atom. The van der Waals surface area contributed by atoms with Crippen LogP contribution in [0.4, 0.5) is 93.5 Å². The van der Waals surface area contributed by atoms with E-state index in [2.05, 4.69) is 72.9 Å². The third kappa shape index (κ3) is 21.2. The fourth-order valence-electron chi connectivity index (χ4n) is 7.84. The average Bonchev–Trinajstić information content (AvgIpc) is 1.68. The second-order valence-corrected chi connectivity index (χ2v) is 20.5. The second-order valence-electron chi connectivity index (χ2n) is 20.5. The smallest absolute Gasteiger partial charge is 0.346 e. The number of aryl methyl sites for hydroxylation is 7. The number of carbonyl (C=O) groups excluding carboxylic acids is 6. The van der Waals surface area contributed by atoms with Crippen LogP contribution in [0.25, 0.3) is 0 Å². The number of nitrogens with zero attached hydrogens (tertiary/aromatic N) is 16. The van der Waals surface area contributed by atoms with Crippen molar-refractivity contribution in [2.24, 2.45) is 26.9 Å². The number of carboxylic acids is 1. The zero-order valence-corrected chi connectivity index (χ0v) is 54.5. The maximum Gasteiger partial charge on any atom is 0.346 e. The van der Waals surface area contributed by atoms with Crippen molar-refractivity contribution in [2.75, 3.05) is 102 Å². The van der Waals surface area contributed by atoms with Crippen molar-refractivity contribution < 1.29 is 38.7 Å². The standard InChI is InChI=1S/C14H18N6O2.C12H13N3O2.C12H13N3O.C9H14N8O.C7H12N4O.C5H8N4O/c1-15-12-9-11(18-20(12)14(22)19(2)3)17-13(21)16-10-7-5-4-6-8-10;1-8-7-11(15(2)14-8)13-10-6-4-3-5-9(10)12(16)17;1-9-8-11(13-2)15(14-9)12(16)10-6-4-3-5-7-10;1-16-5(10)3-7(14-16)12-9(18)13-8-4-6(11)17(2)15-8;1-5-4-6(8)11(9-5)7(12)10(2)3;1-3-2-4(6)9(8-3)5(7)10/h4-9,15H,1-3H3,(H2,16,17,18,21);3-7,13H,1-2H3,(H,16,17);3-8,13H,1-2H3;3-4H,10-11H2,1-2H3,(H2,12,13,14,15,18);4H,8H2,1-3H3;2H,6H2,1H3,(H2,7,10). The Labute approximate surface area is 545 Å². The van der Waals surface area contributed by atoms with Crippen LogP contribution in [0.3, 0.4) is 0 Å². The normalized spacial score (nSPS) is 10.1. The van der Waals surface area contributed by atoms with Crippen LogP contribution in [-0.4, -0.2) is 168 Å². The van der Waals surface area contributed by atoms with E-state index in [0.717, 1.165) is 27.6 Å². The largest absolute Gasteiger partial charge is 0.478 e. The lowest BCUT2D eigenvalue weighted by Crippen LogP contribution is -2.29.